The molecule has 6 nitrogen and oxygen atoms in total. The summed E-state index contributed by atoms with van der Waals surface area (Å²) in [7, 11) is 0. The minimum Gasteiger partial charge on any atom is -0.459 e. The molecule has 2 aromatic heterocycles. The van der Waals surface area contributed by atoms with Crippen molar-refractivity contribution >= 4 is 50.8 Å². The Labute approximate surface area is 146 Å². The molecular weight excluding hydrogens is 346 g/mol. The number of amides is 2. The standard InChI is InChI=1S/C16H15N3O3S2/c1-23-16-19-11-5-4-10(9-13(11)24-16)18-14(20)6-7-17-15(21)12-3-2-8-22-12/h2-5,8-9H,6-7H2,1H3,(H,17,21)(H,18,20). The normalized spacial score (nSPS) is 10.7. The molecule has 0 spiro atoms. The SMILES string of the molecule is CSc1nc2ccc(NC(=O)CCNC(=O)c3ccco3)cc2s1. The molecule has 24 heavy (non-hydrogen) atoms. The average molecular weight is 361 g/mol. The topological polar surface area (TPSA) is 84.2 Å². The summed E-state index contributed by atoms with van der Waals surface area (Å²) in [6.07, 6.45) is 3.60. The van der Waals surface area contributed by atoms with Crippen LogP contribution in [0.1, 0.15) is 17.0 Å². The summed E-state index contributed by atoms with van der Waals surface area (Å²) < 4.78 is 7.01. The van der Waals surface area contributed by atoms with Crippen LogP contribution >= 0.6 is 23.1 Å². The minimum absolute atomic E-state index is 0.163. The molecule has 124 valence electrons. The van der Waals surface area contributed by atoms with Gasteiger partial charge in [0.15, 0.2) is 10.1 Å². The highest BCUT2D eigenvalue weighted by Crippen LogP contribution is 2.29. The number of carbonyl (C=O) groups excluding carboxylic acids is 2. The summed E-state index contributed by atoms with van der Waals surface area (Å²) in [6, 6.07) is 8.83. The second kappa shape index (κ2) is 7.50. The van der Waals surface area contributed by atoms with Crippen LogP contribution in [0, 0.1) is 0 Å². The molecule has 0 fully saturated rings. The third kappa shape index (κ3) is 3.95. The Morgan fingerprint density at radius 1 is 1.33 bits per heavy atom. The predicted octanol–water partition coefficient (Wildman–Crippen LogP) is 3.37. The Balaban J connectivity index is 1.52. The third-order valence-corrected chi connectivity index (χ3v) is 5.21. The van der Waals surface area contributed by atoms with Gasteiger partial charge in [-0.3, -0.25) is 9.59 Å². The first-order valence-electron chi connectivity index (χ1n) is 7.22. The zero-order valence-corrected chi connectivity index (χ0v) is 14.5. The lowest BCUT2D eigenvalue weighted by atomic mass is 10.3. The smallest absolute Gasteiger partial charge is 0.286 e. The van der Waals surface area contributed by atoms with Gasteiger partial charge in [0.05, 0.1) is 16.5 Å². The van der Waals surface area contributed by atoms with E-state index in [1.54, 1.807) is 35.2 Å². The molecule has 0 bridgehead atoms. The van der Waals surface area contributed by atoms with Crippen LogP contribution in [0.25, 0.3) is 10.2 Å². The lowest BCUT2D eigenvalue weighted by Gasteiger charge is -2.06. The quantitative estimate of drug-likeness (QED) is 0.658. The maximum atomic E-state index is 12.0. The molecule has 2 heterocycles. The van der Waals surface area contributed by atoms with E-state index in [0.717, 1.165) is 20.2 Å². The highest BCUT2D eigenvalue weighted by molar-refractivity contribution is 8.00. The molecule has 2 N–H and O–H groups in total. The summed E-state index contributed by atoms with van der Waals surface area (Å²) in [5.41, 5.74) is 1.65. The molecule has 2 amide bonds. The lowest BCUT2D eigenvalue weighted by molar-refractivity contribution is -0.116. The van der Waals surface area contributed by atoms with Gasteiger partial charge in [0.2, 0.25) is 5.91 Å². The van der Waals surface area contributed by atoms with E-state index >= 15 is 0 Å². The van der Waals surface area contributed by atoms with Crippen LogP contribution in [0.5, 0.6) is 0 Å². The zero-order valence-electron chi connectivity index (χ0n) is 12.9. The fraction of sp³-hybridized carbons (Fsp3) is 0.188. The highest BCUT2D eigenvalue weighted by atomic mass is 32.2. The first kappa shape index (κ1) is 16.5. The molecular formula is C16H15N3O3S2. The molecule has 0 unspecified atom stereocenters. The fourth-order valence-electron chi connectivity index (χ4n) is 2.08. The Kier molecular flexibility index (Phi) is 5.17. The van der Waals surface area contributed by atoms with E-state index < -0.39 is 0 Å². The maximum absolute atomic E-state index is 12.0. The zero-order chi connectivity index (χ0) is 16.9. The number of hydrogen-bond acceptors (Lipinski definition) is 6. The van der Waals surface area contributed by atoms with E-state index in [1.807, 2.05) is 24.5 Å². The summed E-state index contributed by atoms with van der Waals surface area (Å²) in [5.74, 6) is -0.261. The second-order valence-electron chi connectivity index (χ2n) is 4.90. The van der Waals surface area contributed by atoms with Gasteiger partial charge in [-0.15, -0.1) is 11.3 Å². The minimum atomic E-state index is -0.330. The van der Waals surface area contributed by atoms with Gasteiger partial charge in [0, 0.05) is 18.7 Å². The molecule has 3 rings (SSSR count). The van der Waals surface area contributed by atoms with Gasteiger partial charge in [0.1, 0.15) is 0 Å². The van der Waals surface area contributed by atoms with Gasteiger partial charge in [0.25, 0.3) is 5.91 Å². The van der Waals surface area contributed by atoms with Crippen molar-refractivity contribution < 1.29 is 14.0 Å². The van der Waals surface area contributed by atoms with Crippen molar-refractivity contribution in [3.63, 3.8) is 0 Å². The summed E-state index contributed by atoms with van der Waals surface area (Å²) >= 11 is 3.19. The molecule has 0 aliphatic rings. The molecule has 0 saturated heterocycles. The first-order chi connectivity index (χ1) is 11.7. The van der Waals surface area contributed by atoms with Crippen LogP contribution in [0.3, 0.4) is 0 Å². The van der Waals surface area contributed by atoms with Crippen molar-refractivity contribution in [1.29, 1.82) is 0 Å². The van der Waals surface area contributed by atoms with Crippen LogP contribution in [-0.4, -0.2) is 29.6 Å². The van der Waals surface area contributed by atoms with Gasteiger partial charge in [-0.2, -0.15) is 0 Å². The molecule has 0 atom stereocenters. The number of aromatic nitrogens is 1. The van der Waals surface area contributed by atoms with Crippen LogP contribution in [0.2, 0.25) is 0 Å². The van der Waals surface area contributed by atoms with Gasteiger partial charge >= 0.3 is 0 Å². The summed E-state index contributed by atoms with van der Waals surface area (Å²) in [5, 5.41) is 5.47. The summed E-state index contributed by atoms with van der Waals surface area (Å²) in [4.78, 5) is 28.1. The number of furan rings is 1. The number of anilines is 1. The number of fused-ring (bicyclic) bond motifs is 1. The van der Waals surface area contributed by atoms with Crippen molar-refractivity contribution in [3.05, 3.63) is 42.4 Å². The fourth-order valence-corrected chi connectivity index (χ4v) is 3.61. The van der Waals surface area contributed by atoms with Crippen molar-refractivity contribution in [2.45, 2.75) is 10.8 Å². The Morgan fingerprint density at radius 2 is 2.21 bits per heavy atom. The number of benzene rings is 1. The Bertz CT molecular complexity index is 859. The number of thioether (sulfide) groups is 1. The van der Waals surface area contributed by atoms with E-state index in [9.17, 15) is 9.59 Å². The molecule has 8 heteroatoms. The number of carbonyl (C=O) groups is 2. The largest absolute Gasteiger partial charge is 0.459 e. The average Bonchev–Trinajstić information content (AvgIpc) is 3.23. The van der Waals surface area contributed by atoms with Gasteiger partial charge in [-0.05, 0) is 36.6 Å². The van der Waals surface area contributed by atoms with Crippen LogP contribution in [0.4, 0.5) is 5.69 Å². The lowest BCUT2D eigenvalue weighted by Crippen LogP contribution is -2.27. The molecule has 0 aliphatic carbocycles. The van der Waals surface area contributed by atoms with Gasteiger partial charge < -0.3 is 15.1 Å². The second-order valence-corrected chi connectivity index (χ2v) is 6.98. The highest BCUT2D eigenvalue weighted by Gasteiger charge is 2.10. The third-order valence-electron chi connectivity index (χ3n) is 3.21. The summed E-state index contributed by atoms with van der Waals surface area (Å²) in [6.45, 7) is 0.241. The Hall–Kier alpha value is -2.32. The molecule has 0 aliphatic heterocycles. The van der Waals surface area contributed by atoms with E-state index in [0.29, 0.717) is 0 Å². The Morgan fingerprint density at radius 3 is 2.96 bits per heavy atom. The van der Waals surface area contributed by atoms with Crippen molar-refractivity contribution in [2.75, 3.05) is 18.1 Å². The van der Waals surface area contributed by atoms with Gasteiger partial charge in [-0.1, -0.05) is 11.8 Å². The van der Waals surface area contributed by atoms with Crippen molar-refractivity contribution in [3.8, 4) is 0 Å². The van der Waals surface area contributed by atoms with Crippen LogP contribution < -0.4 is 10.6 Å². The van der Waals surface area contributed by atoms with Gasteiger partial charge in [-0.25, -0.2) is 4.98 Å². The van der Waals surface area contributed by atoms with E-state index in [1.165, 1.54) is 6.26 Å². The maximum Gasteiger partial charge on any atom is 0.286 e. The molecule has 1 aromatic carbocycles. The number of rotatable bonds is 6. The molecule has 0 saturated carbocycles. The van der Waals surface area contributed by atoms with E-state index in [2.05, 4.69) is 15.6 Å². The van der Waals surface area contributed by atoms with Crippen molar-refractivity contribution in [1.82, 2.24) is 10.3 Å². The van der Waals surface area contributed by atoms with Crippen LogP contribution in [-0.2, 0) is 4.79 Å². The monoisotopic (exact) mass is 361 g/mol. The van der Waals surface area contributed by atoms with Crippen LogP contribution in [0.15, 0.2) is 45.4 Å². The number of nitrogens with zero attached hydrogens (tertiary/aromatic N) is 1. The molecule has 3 aromatic rings. The van der Waals surface area contributed by atoms with E-state index in [-0.39, 0.29) is 30.5 Å². The number of thiazole rings is 1. The molecule has 0 radical (unpaired) electrons. The first-order valence-corrected chi connectivity index (χ1v) is 9.26. The number of hydrogen-bond donors (Lipinski definition) is 2. The number of nitrogens with one attached hydrogen (secondary N) is 2. The van der Waals surface area contributed by atoms with Crippen molar-refractivity contribution in [2.24, 2.45) is 0 Å². The van der Waals surface area contributed by atoms with E-state index in [4.69, 9.17) is 4.42 Å². The predicted molar refractivity (Wildman–Crippen MR) is 95.7 cm³/mol.